The van der Waals surface area contributed by atoms with Gasteiger partial charge in [-0.25, -0.2) is 13.4 Å². The van der Waals surface area contributed by atoms with Crippen LogP contribution in [0.2, 0.25) is 0 Å². The molecule has 0 saturated heterocycles. The monoisotopic (exact) mass is 353 g/mol. The summed E-state index contributed by atoms with van der Waals surface area (Å²) in [5, 5.41) is -0.245. The van der Waals surface area contributed by atoms with Crippen LogP contribution in [0.25, 0.3) is 0 Å². The van der Waals surface area contributed by atoms with E-state index >= 15 is 0 Å². The van der Waals surface area contributed by atoms with Crippen LogP contribution in [0.5, 0.6) is 0 Å². The second-order valence-electron chi connectivity index (χ2n) is 5.98. The van der Waals surface area contributed by atoms with E-state index in [1.807, 2.05) is 0 Å². The van der Waals surface area contributed by atoms with Crippen LogP contribution in [0.3, 0.4) is 0 Å². The summed E-state index contributed by atoms with van der Waals surface area (Å²) in [4.78, 5) is 23.4. The molecular formula is C15H19N3O3S2. The Morgan fingerprint density at radius 1 is 1.39 bits per heavy atom. The summed E-state index contributed by atoms with van der Waals surface area (Å²) in [5.74, 6) is 0. The number of rotatable bonds is 3. The maximum atomic E-state index is 12.1. The van der Waals surface area contributed by atoms with Crippen LogP contribution < -0.4 is 5.56 Å². The Labute approximate surface area is 139 Å². The smallest absolute Gasteiger partial charge is 0.255 e. The molecule has 1 aliphatic heterocycles. The highest BCUT2D eigenvalue weighted by Gasteiger charge is 2.23. The van der Waals surface area contributed by atoms with Gasteiger partial charge in [0.05, 0.1) is 5.69 Å². The standard InChI is InChI=1S/C15H19N3O3S2/c1-9-6-11(22-10(9)2)7-18-5-4-12-13(8-18)16-15(17-14(12)19)23(3,20)21/h6H,4-5,7-8H2,1-3H3,(H,16,17,19). The third kappa shape index (κ3) is 3.39. The van der Waals surface area contributed by atoms with Crippen molar-refractivity contribution >= 4 is 21.2 Å². The lowest BCUT2D eigenvalue weighted by Gasteiger charge is -2.27. The fourth-order valence-corrected chi connectivity index (χ4v) is 4.38. The Hall–Kier alpha value is -1.51. The first-order valence-electron chi connectivity index (χ1n) is 7.34. The number of thiophene rings is 1. The highest BCUT2D eigenvalue weighted by Crippen LogP contribution is 2.24. The molecule has 0 atom stereocenters. The number of aromatic nitrogens is 2. The Kier molecular flexibility index (Phi) is 4.16. The van der Waals surface area contributed by atoms with Gasteiger partial charge in [-0.1, -0.05) is 0 Å². The van der Waals surface area contributed by atoms with E-state index in [1.165, 1.54) is 15.3 Å². The molecule has 0 unspecified atom stereocenters. The van der Waals surface area contributed by atoms with Crippen molar-refractivity contribution in [1.29, 1.82) is 0 Å². The molecule has 2 aromatic heterocycles. The molecule has 23 heavy (non-hydrogen) atoms. The molecule has 6 nitrogen and oxygen atoms in total. The summed E-state index contributed by atoms with van der Waals surface area (Å²) in [7, 11) is -3.52. The molecule has 0 aliphatic carbocycles. The van der Waals surface area contributed by atoms with Gasteiger partial charge in [-0.2, -0.15) is 0 Å². The van der Waals surface area contributed by atoms with Crippen molar-refractivity contribution in [2.45, 2.75) is 38.5 Å². The first-order chi connectivity index (χ1) is 10.7. The summed E-state index contributed by atoms with van der Waals surface area (Å²) in [6, 6.07) is 2.18. The third-order valence-electron chi connectivity index (χ3n) is 4.08. The lowest BCUT2D eigenvalue weighted by molar-refractivity contribution is 0.241. The summed E-state index contributed by atoms with van der Waals surface area (Å²) in [6.45, 7) is 6.26. The second kappa shape index (κ2) is 5.85. The highest BCUT2D eigenvalue weighted by molar-refractivity contribution is 7.90. The number of fused-ring (bicyclic) bond motifs is 1. The van der Waals surface area contributed by atoms with Gasteiger partial charge in [0.2, 0.25) is 15.0 Å². The summed E-state index contributed by atoms with van der Waals surface area (Å²) in [6.07, 6.45) is 1.64. The molecule has 8 heteroatoms. The maximum Gasteiger partial charge on any atom is 0.255 e. The summed E-state index contributed by atoms with van der Waals surface area (Å²) >= 11 is 1.77. The molecule has 1 aliphatic rings. The van der Waals surface area contributed by atoms with Crippen molar-refractivity contribution in [3.05, 3.63) is 43.0 Å². The Bertz CT molecular complexity index is 893. The Balaban J connectivity index is 1.87. The van der Waals surface area contributed by atoms with Gasteiger partial charge in [0.15, 0.2) is 0 Å². The number of sulfone groups is 1. The number of H-pyrrole nitrogens is 1. The van der Waals surface area contributed by atoms with Crippen LogP contribution in [0.4, 0.5) is 0 Å². The molecule has 3 rings (SSSR count). The van der Waals surface area contributed by atoms with Gasteiger partial charge in [0.1, 0.15) is 0 Å². The maximum absolute atomic E-state index is 12.1. The van der Waals surface area contributed by atoms with Gasteiger partial charge in [0.25, 0.3) is 5.56 Å². The van der Waals surface area contributed by atoms with E-state index in [4.69, 9.17) is 0 Å². The van der Waals surface area contributed by atoms with E-state index in [-0.39, 0.29) is 10.7 Å². The van der Waals surface area contributed by atoms with Crippen molar-refractivity contribution in [3.8, 4) is 0 Å². The molecule has 1 N–H and O–H groups in total. The minimum atomic E-state index is -3.52. The molecule has 0 radical (unpaired) electrons. The normalized spacial score (nSPS) is 15.6. The van der Waals surface area contributed by atoms with Crippen molar-refractivity contribution in [2.75, 3.05) is 12.8 Å². The fourth-order valence-electron chi connectivity index (χ4n) is 2.73. The van der Waals surface area contributed by atoms with E-state index < -0.39 is 9.84 Å². The molecule has 0 spiro atoms. The first kappa shape index (κ1) is 16.4. The van der Waals surface area contributed by atoms with E-state index in [1.54, 1.807) is 11.3 Å². The van der Waals surface area contributed by atoms with E-state index in [0.717, 1.165) is 19.3 Å². The third-order valence-corrected chi connectivity index (χ3v) is 6.11. The zero-order valence-corrected chi connectivity index (χ0v) is 15.0. The largest absolute Gasteiger partial charge is 0.297 e. The average Bonchev–Trinajstić information content (AvgIpc) is 2.75. The van der Waals surface area contributed by atoms with Gasteiger partial charge in [-0.15, -0.1) is 11.3 Å². The van der Waals surface area contributed by atoms with Crippen molar-refractivity contribution in [1.82, 2.24) is 14.9 Å². The van der Waals surface area contributed by atoms with E-state index in [9.17, 15) is 13.2 Å². The van der Waals surface area contributed by atoms with Crippen molar-refractivity contribution < 1.29 is 8.42 Å². The predicted octanol–water partition coefficient (Wildman–Crippen LogP) is 1.41. The second-order valence-corrected chi connectivity index (χ2v) is 9.25. The molecule has 124 valence electrons. The fraction of sp³-hybridized carbons (Fsp3) is 0.467. The molecule has 0 fully saturated rings. The van der Waals surface area contributed by atoms with Gasteiger partial charge < -0.3 is 0 Å². The van der Waals surface area contributed by atoms with Gasteiger partial charge >= 0.3 is 0 Å². The number of hydrogen-bond donors (Lipinski definition) is 1. The average molecular weight is 353 g/mol. The van der Waals surface area contributed by atoms with Crippen molar-refractivity contribution in [3.63, 3.8) is 0 Å². The van der Waals surface area contributed by atoms with Crippen LogP contribution in [-0.2, 0) is 29.3 Å². The molecule has 0 aromatic carbocycles. The van der Waals surface area contributed by atoms with Gasteiger partial charge in [0, 0.05) is 41.2 Å². The minimum absolute atomic E-state index is 0.245. The van der Waals surface area contributed by atoms with Crippen molar-refractivity contribution in [2.24, 2.45) is 0 Å². The number of aromatic amines is 1. The number of hydrogen-bond acceptors (Lipinski definition) is 6. The molecule has 0 bridgehead atoms. The van der Waals surface area contributed by atoms with Crippen LogP contribution in [-0.4, -0.2) is 36.1 Å². The van der Waals surface area contributed by atoms with Crippen LogP contribution >= 0.6 is 11.3 Å². The summed E-state index contributed by atoms with van der Waals surface area (Å²) < 4.78 is 23.3. The predicted molar refractivity (Wildman–Crippen MR) is 89.6 cm³/mol. The van der Waals surface area contributed by atoms with Crippen LogP contribution in [0.15, 0.2) is 16.0 Å². The van der Waals surface area contributed by atoms with E-state index in [2.05, 4.69) is 34.8 Å². The molecule has 3 heterocycles. The van der Waals surface area contributed by atoms with E-state index in [0.29, 0.717) is 24.2 Å². The SMILES string of the molecule is Cc1cc(CN2CCc3c(nc(S(C)(=O)=O)[nH]c3=O)C2)sc1C. The molecular weight excluding hydrogens is 334 g/mol. The minimum Gasteiger partial charge on any atom is -0.297 e. The highest BCUT2D eigenvalue weighted by atomic mass is 32.2. The van der Waals surface area contributed by atoms with Gasteiger partial charge in [-0.05, 0) is 31.9 Å². The lowest BCUT2D eigenvalue weighted by atomic mass is 10.1. The Morgan fingerprint density at radius 3 is 2.74 bits per heavy atom. The number of aryl methyl sites for hydroxylation is 2. The van der Waals surface area contributed by atoms with Crippen LogP contribution in [0, 0.1) is 13.8 Å². The quantitative estimate of drug-likeness (QED) is 0.844. The molecule has 0 amide bonds. The first-order valence-corrected chi connectivity index (χ1v) is 10.0. The lowest BCUT2D eigenvalue weighted by Crippen LogP contribution is -2.35. The number of nitrogens with one attached hydrogen (secondary N) is 1. The zero-order valence-electron chi connectivity index (χ0n) is 13.3. The zero-order chi connectivity index (χ0) is 16.8. The van der Waals surface area contributed by atoms with Crippen LogP contribution in [0.1, 0.15) is 26.6 Å². The molecule has 2 aromatic rings. The number of nitrogens with zero attached hydrogens (tertiary/aromatic N) is 2. The summed E-state index contributed by atoms with van der Waals surface area (Å²) in [5.41, 5.74) is 2.13. The topological polar surface area (TPSA) is 83.1 Å². The molecule has 0 saturated carbocycles. The van der Waals surface area contributed by atoms with Gasteiger partial charge in [-0.3, -0.25) is 14.7 Å². The Morgan fingerprint density at radius 2 is 2.13 bits per heavy atom.